The molecule has 8 heteroatoms. The fourth-order valence-corrected chi connectivity index (χ4v) is 4.12. The molecule has 162 valence electrons. The summed E-state index contributed by atoms with van der Waals surface area (Å²) in [6.07, 6.45) is 0.405. The number of aryl methyl sites for hydroxylation is 1. The number of benzene rings is 2. The maximum atomic E-state index is 13.2. The molecular weight excluding hydrogens is 422 g/mol. The Kier molecular flexibility index (Phi) is 8.02. The van der Waals surface area contributed by atoms with Gasteiger partial charge in [-0.1, -0.05) is 53.7 Å². The zero-order valence-electron chi connectivity index (χ0n) is 17.8. The molecule has 0 N–H and O–H groups in total. The van der Waals surface area contributed by atoms with Gasteiger partial charge in [0.05, 0.1) is 48.2 Å². The third-order valence-electron chi connectivity index (χ3n) is 4.95. The highest BCUT2D eigenvalue weighted by Crippen LogP contribution is 2.20. The van der Waals surface area contributed by atoms with Gasteiger partial charge < -0.3 is 4.90 Å². The monoisotopic (exact) mass is 445 g/mol. The first-order valence-corrected chi connectivity index (χ1v) is 11.2. The first-order valence-electron chi connectivity index (χ1n) is 10.2. The van der Waals surface area contributed by atoms with Crippen molar-refractivity contribution < 1.29 is 4.79 Å². The Balaban J connectivity index is 1.89. The topological polar surface area (TPSA) is 103 Å². The molecule has 0 saturated carbocycles. The van der Waals surface area contributed by atoms with Crippen molar-refractivity contribution in [3.8, 4) is 12.1 Å². The predicted molar refractivity (Wildman–Crippen MR) is 124 cm³/mol. The van der Waals surface area contributed by atoms with Crippen LogP contribution in [0.3, 0.4) is 0 Å². The standard InChI is InChI=1S/C24H23N5O2S/c1-18-8-10-19(11-9-18)16-29-23(31)20-6-2-3-7-21(20)27-24(29)32-17-22(30)28(14-4-12-25)15-5-13-26/h2-3,6-11H,4-5,14-17H2,1H3. The third-order valence-corrected chi connectivity index (χ3v) is 5.91. The minimum absolute atomic E-state index is 0.0650. The van der Waals surface area contributed by atoms with Crippen molar-refractivity contribution in [2.24, 2.45) is 0 Å². The lowest BCUT2D eigenvalue weighted by Crippen LogP contribution is -2.34. The van der Waals surface area contributed by atoms with Gasteiger partial charge in [-0.15, -0.1) is 0 Å². The van der Waals surface area contributed by atoms with Gasteiger partial charge >= 0.3 is 0 Å². The van der Waals surface area contributed by atoms with Crippen molar-refractivity contribution in [2.75, 3.05) is 18.8 Å². The number of fused-ring (bicyclic) bond motifs is 1. The molecule has 3 rings (SSSR count). The quantitative estimate of drug-likeness (QED) is 0.369. The highest BCUT2D eigenvalue weighted by atomic mass is 32.2. The van der Waals surface area contributed by atoms with Crippen LogP contribution in [0.5, 0.6) is 0 Å². The van der Waals surface area contributed by atoms with Gasteiger partial charge in [0.25, 0.3) is 5.56 Å². The Morgan fingerprint density at radius 3 is 2.38 bits per heavy atom. The maximum absolute atomic E-state index is 13.2. The van der Waals surface area contributed by atoms with Crippen LogP contribution in [0, 0.1) is 29.6 Å². The molecule has 0 radical (unpaired) electrons. The molecule has 2 aromatic carbocycles. The molecule has 32 heavy (non-hydrogen) atoms. The molecule has 1 heterocycles. The maximum Gasteiger partial charge on any atom is 0.262 e. The lowest BCUT2D eigenvalue weighted by Gasteiger charge is -2.20. The SMILES string of the molecule is Cc1ccc(Cn2c(SCC(=O)N(CCC#N)CCC#N)nc3ccccc3c2=O)cc1. The van der Waals surface area contributed by atoms with E-state index in [4.69, 9.17) is 10.5 Å². The number of rotatable bonds is 9. The Labute approximate surface area is 190 Å². The Bertz CT molecular complexity index is 1220. The van der Waals surface area contributed by atoms with Gasteiger partial charge in [-0.2, -0.15) is 10.5 Å². The molecule has 0 spiro atoms. The summed E-state index contributed by atoms with van der Waals surface area (Å²) in [4.78, 5) is 32.2. The molecule has 0 aliphatic carbocycles. The first kappa shape index (κ1) is 23.1. The van der Waals surface area contributed by atoms with E-state index in [-0.39, 0.29) is 43.2 Å². The van der Waals surface area contributed by atoms with E-state index < -0.39 is 0 Å². The van der Waals surface area contributed by atoms with E-state index in [1.165, 1.54) is 16.7 Å². The van der Waals surface area contributed by atoms with Crippen LogP contribution in [0.2, 0.25) is 0 Å². The Hall–Kier alpha value is -3.62. The second-order valence-corrected chi connectivity index (χ2v) is 8.22. The summed E-state index contributed by atoms with van der Waals surface area (Å²) in [5.74, 6) is -0.125. The summed E-state index contributed by atoms with van der Waals surface area (Å²) >= 11 is 1.20. The highest BCUT2D eigenvalue weighted by Gasteiger charge is 2.17. The normalized spacial score (nSPS) is 10.5. The molecule has 1 amide bonds. The van der Waals surface area contributed by atoms with E-state index in [0.29, 0.717) is 22.6 Å². The lowest BCUT2D eigenvalue weighted by atomic mass is 10.1. The van der Waals surface area contributed by atoms with Gasteiger partial charge in [-0.05, 0) is 24.6 Å². The number of nitriles is 2. The number of para-hydroxylation sites is 1. The van der Waals surface area contributed by atoms with Crippen molar-refractivity contribution in [1.29, 1.82) is 10.5 Å². The molecule has 0 unspecified atom stereocenters. The minimum Gasteiger partial charge on any atom is -0.340 e. The number of thioether (sulfide) groups is 1. The molecule has 0 atom stereocenters. The van der Waals surface area contributed by atoms with E-state index >= 15 is 0 Å². The van der Waals surface area contributed by atoms with Crippen molar-refractivity contribution in [2.45, 2.75) is 31.5 Å². The predicted octanol–water partition coefficient (Wildman–Crippen LogP) is 3.50. The summed E-state index contributed by atoms with van der Waals surface area (Å²) in [5.41, 5.74) is 2.52. The Morgan fingerprint density at radius 2 is 1.72 bits per heavy atom. The number of carbonyl (C=O) groups excluding carboxylic acids is 1. The van der Waals surface area contributed by atoms with Crippen molar-refractivity contribution in [1.82, 2.24) is 14.5 Å². The van der Waals surface area contributed by atoms with Gasteiger partial charge in [-0.25, -0.2) is 4.98 Å². The van der Waals surface area contributed by atoms with E-state index in [9.17, 15) is 9.59 Å². The zero-order chi connectivity index (χ0) is 22.9. The Morgan fingerprint density at radius 1 is 1.06 bits per heavy atom. The van der Waals surface area contributed by atoms with Crippen molar-refractivity contribution >= 4 is 28.6 Å². The van der Waals surface area contributed by atoms with Gasteiger partial charge in [0.2, 0.25) is 5.91 Å². The van der Waals surface area contributed by atoms with Crippen LogP contribution in [-0.2, 0) is 11.3 Å². The van der Waals surface area contributed by atoms with E-state index in [2.05, 4.69) is 4.98 Å². The van der Waals surface area contributed by atoms with Crippen LogP contribution in [0.4, 0.5) is 0 Å². The van der Waals surface area contributed by atoms with Crippen LogP contribution in [0.25, 0.3) is 10.9 Å². The van der Waals surface area contributed by atoms with Crippen LogP contribution >= 0.6 is 11.8 Å². The van der Waals surface area contributed by atoms with E-state index in [1.54, 1.807) is 22.8 Å². The average molecular weight is 446 g/mol. The lowest BCUT2D eigenvalue weighted by molar-refractivity contribution is -0.128. The summed E-state index contributed by atoms with van der Waals surface area (Å²) in [7, 11) is 0. The van der Waals surface area contributed by atoms with Gasteiger partial charge in [-0.3, -0.25) is 14.2 Å². The summed E-state index contributed by atoms with van der Waals surface area (Å²) in [6, 6.07) is 19.2. The van der Waals surface area contributed by atoms with Crippen LogP contribution in [0.15, 0.2) is 58.5 Å². The second kappa shape index (κ2) is 11.1. The van der Waals surface area contributed by atoms with E-state index in [1.807, 2.05) is 49.4 Å². The number of amides is 1. The number of hydrogen-bond donors (Lipinski definition) is 0. The van der Waals surface area contributed by atoms with Crippen molar-refractivity contribution in [3.05, 3.63) is 70.0 Å². The minimum atomic E-state index is -0.190. The fraction of sp³-hybridized carbons (Fsp3) is 0.292. The number of hydrogen-bond acceptors (Lipinski definition) is 6. The first-order chi connectivity index (χ1) is 15.5. The van der Waals surface area contributed by atoms with Crippen LogP contribution < -0.4 is 5.56 Å². The average Bonchev–Trinajstić information content (AvgIpc) is 2.81. The number of nitrogens with zero attached hydrogens (tertiary/aromatic N) is 5. The molecule has 0 aliphatic rings. The molecular formula is C24H23N5O2S. The summed E-state index contributed by atoms with van der Waals surface area (Å²) in [5, 5.41) is 18.7. The van der Waals surface area contributed by atoms with E-state index in [0.717, 1.165) is 11.1 Å². The second-order valence-electron chi connectivity index (χ2n) is 7.27. The molecule has 7 nitrogen and oxygen atoms in total. The van der Waals surface area contributed by atoms with Crippen molar-refractivity contribution in [3.63, 3.8) is 0 Å². The van der Waals surface area contributed by atoms with Gasteiger partial charge in [0, 0.05) is 13.1 Å². The zero-order valence-corrected chi connectivity index (χ0v) is 18.6. The van der Waals surface area contributed by atoms with Crippen LogP contribution in [-0.4, -0.2) is 39.2 Å². The fourth-order valence-electron chi connectivity index (χ4n) is 3.22. The molecule has 0 fully saturated rings. The van der Waals surface area contributed by atoms with Crippen LogP contribution in [0.1, 0.15) is 24.0 Å². The third kappa shape index (κ3) is 5.75. The van der Waals surface area contributed by atoms with Gasteiger partial charge in [0.1, 0.15) is 0 Å². The largest absolute Gasteiger partial charge is 0.340 e. The van der Waals surface area contributed by atoms with Gasteiger partial charge in [0.15, 0.2) is 5.16 Å². The molecule has 0 saturated heterocycles. The molecule has 1 aromatic heterocycles. The molecule has 0 aliphatic heterocycles. The molecule has 3 aromatic rings. The summed E-state index contributed by atoms with van der Waals surface area (Å²) < 4.78 is 1.60. The smallest absolute Gasteiger partial charge is 0.262 e. The summed E-state index contributed by atoms with van der Waals surface area (Å²) in [6.45, 7) is 2.91. The number of aromatic nitrogens is 2. The highest BCUT2D eigenvalue weighted by molar-refractivity contribution is 7.99. The number of carbonyl (C=O) groups is 1. The molecule has 0 bridgehead atoms.